The number of nitrogens with one attached hydrogen (secondary N) is 1. The first kappa shape index (κ1) is 12.1. The molecular formula is C12H13N2O4+. The van der Waals surface area contributed by atoms with Gasteiger partial charge in [-0.25, -0.2) is 4.79 Å². The number of carbonyl (C=O) groups excluding carboxylic acids is 1. The van der Waals surface area contributed by atoms with Gasteiger partial charge >= 0.3 is 17.3 Å². The van der Waals surface area contributed by atoms with Crippen molar-refractivity contribution in [2.24, 2.45) is 0 Å². The van der Waals surface area contributed by atoms with Gasteiger partial charge in [-0.05, 0) is 5.27 Å². The molecular weight excluding hydrogens is 236 g/mol. The van der Waals surface area contributed by atoms with Gasteiger partial charge in [0.15, 0.2) is 0 Å². The Morgan fingerprint density at radius 2 is 2.11 bits per heavy atom. The average molecular weight is 249 g/mol. The van der Waals surface area contributed by atoms with Crippen molar-refractivity contribution >= 4 is 5.97 Å². The highest BCUT2D eigenvalue weighted by Gasteiger charge is 2.24. The molecule has 1 heterocycles. The number of nitrogens with zero attached hydrogens (tertiary/aromatic N) is 1. The van der Waals surface area contributed by atoms with Crippen molar-refractivity contribution < 1.29 is 18.7 Å². The van der Waals surface area contributed by atoms with Crippen molar-refractivity contribution in [3.8, 4) is 0 Å². The Kier molecular flexibility index (Phi) is 3.57. The zero-order valence-electron chi connectivity index (χ0n) is 9.88. The lowest BCUT2D eigenvalue weighted by molar-refractivity contribution is -0.760. The maximum absolute atomic E-state index is 11.5. The monoisotopic (exact) mass is 249 g/mol. The molecule has 0 bridgehead atoms. The van der Waals surface area contributed by atoms with Gasteiger partial charge in [0.1, 0.15) is 6.42 Å². The Hall–Kier alpha value is -2.37. The summed E-state index contributed by atoms with van der Waals surface area (Å²) in [4.78, 5) is 22.7. The molecule has 0 saturated carbocycles. The van der Waals surface area contributed by atoms with Crippen LogP contribution in [0.3, 0.4) is 0 Å². The summed E-state index contributed by atoms with van der Waals surface area (Å²) in [6, 6.07) is 9.53. The molecule has 18 heavy (non-hydrogen) atoms. The molecule has 0 saturated heterocycles. The second kappa shape index (κ2) is 5.31. The van der Waals surface area contributed by atoms with Crippen LogP contribution in [0.5, 0.6) is 0 Å². The number of hydrogen-bond acceptors (Lipinski definition) is 4. The lowest BCUT2D eigenvalue weighted by Crippen LogP contribution is -2.42. The van der Waals surface area contributed by atoms with Crippen LogP contribution in [0, 0.1) is 0 Å². The highest BCUT2D eigenvalue weighted by molar-refractivity contribution is 5.71. The molecule has 6 nitrogen and oxygen atoms in total. The molecule has 2 rings (SSSR count). The predicted octanol–water partition coefficient (Wildman–Crippen LogP) is 0.0192. The smallest absolute Gasteiger partial charge is 0.430 e. The van der Waals surface area contributed by atoms with Gasteiger partial charge in [-0.2, -0.15) is 0 Å². The van der Waals surface area contributed by atoms with Gasteiger partial charge in [-0.3, -0.25) is 9.32 Å². The molecule has 0 radical (unpaired) electrons. The fourth-order valence-electron chi connectivity index (χ4n) is 1.59. The number of rotatable bonds is 4. The molecule has 0 fully saturated rings. The van der Waals surface area contributed by atoms with Crippen LogP contribution in [0.25, 0.3) is 0 Å². The van der Waals surface area contributed by atoms with Crippen molar-refractivity contribution in [1.82, 2.24) is 5.27 Å². The molecule has 0 aliphatic rings. The van der Waals surface area contributed by atoms with Crippen molar-refractivity contribution in [2.45, 2.75) is 13.0 Å². The van der Waals surface area contributed by atoms with Gasteiger partial charge in [-0.15, -0.1) is 0 Å². The minimum absolute atomic E-state index is 0.116. The van der Waals surface area contributed by atoms with Crippen LogP contribution in [-0.2, 0) is 22.5 Å². The normalized spacial score (nSPS) is 10.3. The fourth-order valence-corrected chi connectivity index (χ4v) is 1.59. The Balaban J connectivity index is 2.24. The van der Waals surface area contributed by atoms with Crippen LogP contribution >= 0.6 is 0 Å². The maximum atomic E-state index is 11.5. The van der Waals surface area contributed by atoms with E-state index in [9.17, 15) is 9.59 Å². The van der Waals surface area contributed by atoms with Gasteiger partial charge < -0.3 is 4.74 Å². The van der Waals surface area contributed by atoms with Gasteiger partial charge in [0.25, 0.3) is 0 Å². The van der Waals surface area contributed by atoms with Crippen molar-refractivity contribution in [3.05, 3.63) is 52.0 Å². The predicted molar refractivity (Wildman–Crippen MR) is 60.8 cm³/mol. The van der Waals surface area contributed by atoms with Crippen molar-refractivity contribution in [1.29, 1.82) is 0 Å². The maximum Gasteiger partial charge on any atom is 0.430 e. The van der Waals surface area contributed by atoms with Crippen LogP contribution in [0.4, 0.5) is 0 Å². The Morgan fingerprint density at radius 1 is 1.39 bits per heavy atom. The van der Waals surface area contributed by atoms with Crippen LogP contribution < -0.4 is 10.3 Å². The molecule has 0 atom stereocenters. The molecule has 0 spiro atoms. The quantitative estimate of drug-likeness (QED) is 0.612. The van der Waals surface area contributed by atoms with Gasteiger partial charge in [0.05, 0.1) is 7.11 Å². The molecule has 0 aliphatic heterocycles. The van der Waals surface area contributed by atoms with E-state index in [2.05, 4.69) is 14.5 Å². The minimum Gasteiger partial charge on any atom is -0.469 e. The van der Waals surface area contributed by atoms with Crippen LogP contribution in [0.1, 0.15) is 11.3 Å². The molecule has 0 unspecified atom stereocenters. The molecule has 1 N–H and O–H groups in total. The number of esters is 1. The Bertz CT molecular complexity index is 586. The van der Waals surface area contributed by atoms with E-state index in [4.69, 9.17) is 0 Å². The number of methoxy groups -OCH3 is 1. The number of hydrogen-bond donors (Lipinski definition) is 1. The van der Waals surface area contributed by atoms with E-state index in [-0.39, 0.29) is 12.1 Å². The summed E-state index contributed by atoms with van der Waals surface area (Å²) in [6.07, 6.45) is -0.116. The average Bonchev–Trinajstić information content (AvgIpc) is 2.72. The summed E-state index contributed by atoms with van der Waals surface area (Å²) in [6.45, 7) is 0.429. The first-order valence-corrected chi connectivity index (χ1v) is 5.41. The lowest BCUT2D eigenvalue weighted by atomic mass is 10.2. The van der Waals surface area contributed by atoms with E-state index < -0.39 is 11.6 Å². The lowest BCUT2D eigenvalue weighted by Gasteiger charge is -1.96. The minimum atomic E-state index is -0.559. The number of aromatic amines is 1. The van der Waals surface area contributed by atoms with E-state index in [1.54, 1.807) is 0 Å². The number of ether oxygens (including phenoxy) is 1. The van der Waals surface area contributed by atoms with E-state index in [1.165, 1.54) is 11.8 Å². The molecule has 0 amide bonds. The number of benzene rings is 1. The fraction of sp³-hybridized carbons (Fsp3) is 0.250. The highest BCUT2D eigenvalue weighted by Crippen LogP contribution is 1.98. The van der Waals surface area contributed by atoms with Crippen molar-refractivity contribution in [2.75, 3.05) is 7.11 Å². The van der Waals surface area contributed by atoms with E-state index in [0.717, 1.165) is 5.56 Å². The zero-order valence-corrected chi connectivity index (χ0v) is 9.88. The summed E-state index contributed by atoms with van der Waals surface area (Å²) < 4.78 is 10.7. The van der Waals surface area contributed by atoms with E-state index in [1.807, 2.05) is 30.3 Å². The molecule has 6 heteroatoms. The number of H-pyrrole nitrogens is 1. The first-order chi connectivity index (χ1) is 8.70. The molecule has 2 aromatic rings. The zero-order chi connectivity index (χ0) is 13.0. The molecule has 1 aromatic carbocycles. The number of aromatic nitrogens is 2. The van der Waals surface area contributed by atoms with Gasteiger partial charge in [-0.1, -0.05) is 35.0 Å². The van der Waals surface area contributed by atoms with E-state index >= 15 is 0 Å². The third-order valence-electron chi connectivity index (χ3n) is 2.53. The van der Waals surface area contributed by atoms with Crippen LogP contribution in [-0.4, -0.2) is 18.4 Å². The largest absolute Gasteiger partial charge is 0.469 e. The SMILES string of the molecule is COC(=O)Cc1c(=O)o[nH][n+]1Cc1ccccc1. The second-order valence-corrected chi connectivity index (χ2v) is 3.75. The summed E-state index contributed by atoms with van der Waals surface area (Å²) >= 11 is 0. The first-order valence-electron chi connectivity index (χ1n) is 5.41. The Morgan fingerprint density at radius 3 is 2.78 bits per heavy atom. The topological polar surface area (TPSA) is 76.2 Å². The second-order valence-electron chi connectivity index (χ2n) is 3.75. The van der Waals surface area contributed by atoms with Crippen molar-refractivity contribution in [3.63, 3.8) is 0 Å². The summed E-state index contributed by atoms with van der Waals surface area (Å²) in [5.74, 6) is -0.483. The number of carbonyl (C=O) groups is 1. The molecule has 0 aliphatic carbocycles. The molecule has 94 valence electrons. The van der Waals surface area contributed by atoms with Crippen LogP contribution in [0.2, 0.25) is 0 Å². The summed E-state index contributed by atoms with van der Waals surface area (Å²) in [7, 11) is 1.28. The third kappa shape index (κ3) is 2.65. The van der Waals surface area contributed by atoms with Crippen LogP contribution in [0.15, 0.2) is 39.6 Å². The van der Waals surface area contributed by atoms with E-state index in [0.29, 0.717) is 6.54 Å². The summed E-state index contributed by atoms with van der Waals surface area (Å²) in [5, 5.41) is 2.47. The highest BCUT2D eigenvalue weighted by atomic mass is 16.5. The standard InChI is InChI=1S/C12H12N2O4/c1-17-11(15)7-10-12(16)18-13-14(10)8-9-5-3-2-4-6-9/h2-6H,7-8H2,1H3/p+1. The van der Waals surface area contributed by atoms with Gasteiger partial charge in [0, 0.05) is 5.56 Å². The molecule has 1 aromatic heterocycles. The Labute approximate surface area is 103 Å². The van der Waals surface area contributed by atoms with Gasteiger partial charge in [0.2, 0.25) is 6.54 Å². The summed E-state index contributed by atoms with van der Waals surface area (Å²) in [5.41, 5.74) is 0.674. The third-order valence-corrected chi connectivity index (χ3v) is 2.53.